The van der Waals surface area contributed by atoms with Gasteiger partial charge in [-0.25, -0.2) is 0 Å². The van der Waals surface area contributed by atoms with E-state index >= 15 is 0 Å². The number of rotatable bonds is 9. The smallest absolute Gasteiger partial charge is 0.279 e. The normalized spacial score (nSPS) is 15.9. The predicted octanol–water partition coefficient (Wildman–Crippen LogP) is 2.89. The molecule has 0 radical (unpaired) electrons. The summed E-state index contributed by atoms with van der Waals surface area (Å²) in [5, 5.41) is 3.07. The number of nitrogens with one attached hydrogen (secondary N) is 2. The molecule has 2 heterocycles. The average Bonchev–Trinajstić information content (AvgIpc) is 2.92. The molecule has 4 rings (SSSR count). The Bertz CT molecular complexity index is 1230. The van der Waals surface area contributed by atoms with Crippen LogP contribution < -0.4 is 14.8 Å². The van der Waals surface area contributed by atoms with Crippen LogP contribution in [0.3, 0.4) is 0 Å². The Labute approximate surface area is 206 Å². The number of pyridine rings is 1. The Kier molecular flexibility index (Phi) is 7.80. The lowest BCUT2D eigenvalue weighted by atomic mass is 9.73. The summed E-state index contributed by atoms with van der Waals surface area (Å²) in [7, 11) is -2.10. The van der Waals surface area contributed by atoms with Gasteiger partial charge in [0.05, 0.1) is 12.7 Å². The summed E-state index contributed by atoms with van der Waals surface area (Å²) in [5.41, 5.74) is 2.02. The summed E-state index contributed by atoms with van der Waals surface area (Å²) in [4.78, 5) is 16.9. The van der Waals surface area contributed by atoms with Crippen molar-refractivity contribution in [2.45, 2.75) is 24.8 Å². The lowest BCUT2D eigenvalue weighted by Gasteiger charge is -2.42. The van der Waals surface area contributed by atoms with Gasteiger partial charge in [-0.15, -0.1) is 0 Å². The van der Waals surface area contributed by atoms with Crippen molar-refractivity contribution < 1.29 is 17.9 Å². The molecule has 0 unspecified atom stereocenters. The molecular formula is C26H30N4O4S. The largest absolute Gasteiger partial charge is 0.496 e. The maximum absolute atomic E-state index is 13.0. The maximum Gasteiger partial charge on any atom is 0.279 e. The van der Waals surface area contributed by atoms with E-state index in [1.807, 2.05) is 36.4 Å². The van der Waals surface area contributed by atoms with Gasteiger partial charge in [0.1, 0.15) is 5.75 Å². The minimum Gasteiger partial charge on any atom is -0.496 e. The molecule has 1 aliphatic heterocycles. The van der Waals surface area contributed by atoms with Crippen LogP contribution in [0.1, 0.15) is 34.3 Å². The molecule has 1 fully saturated rings. The Hall–Kier alpha value is -3.27. The molecule has 1 amide bonds. The molecule has 0 atom stereocenters. The van der Waals surface area contributed by atoms with Crippen molar-refractivity contribution in [1.29, 1.82) is 0 Å². The number of benzene rings is 2. The van der Waals surface area contributed by atoms with Gasteiger partial charge in [0.2, 0.25) is 0 Å². The molecule has 9 heteroatoms. The van der Waals surface area contributed by atoms with Crippen LogP contribution in [-0.4, -0.2) is 50.4 Å². The average molecular weight is 495 g/mol. The second kappa shape index (κ2) is 11.0. The van der Waals surface area contributed by atoms with E-state index in [9.17, 15) is 13.2 Å². The van der Waals surface area contributed by atoms with Crippen LogP contribution in [0.5, 0.6) is 5.75 Å². The number of para-hydroxylation sites is 1. The summed E-state index contributed by atoms with van der Waals surface area (Å²) in [6, 6.07) is 20.6. The Balaban J connectivity index is 1.46. The standard InChI is InChI=1S/C26H30N4O4S/c1-34-24-10-6-5-9-23(24)25(31)28-20-26(22-7-3-2-4-8-22)13-17-30(18-14-26)35(32,33)29-19-21-11-15-27-16-12-21/h2-12,15-16,29H,13-14,17-20H2,1H3,(H,28,31). The van der Waals surface area contributed by atoms with Crippen LogP contribution in [0.25, 0.3) is 0 Å². The highest BCUT2D eigenvalue weighted by Crippen LogP contribution is 2.36. The predicted molar refractivity (Wildman–Crippen MR) is 134 cm³/mol. The minimum atomic E-state index is -3.64. The van der Waals surface area contributed by atoms with Crippen molar-refractivity contribution in [3.05, 3.63) is 95.8 Å². The van der Waals surface area contributed by atoms with Gasteiger partial charge in [0.15, 0.2) is 0 Å². The minimum absolute atomic E-state index is 0.208. The zero-order valence-electron chi connectivity index (χ0n) is 19.7. The first kappa shape index (κ1) is 24.8. The van der Waals surface area contributed by atoms with Crippen molar-refractivity contribution in [1.82, 2.24) is 19.3 Å². The molecule has 0 bridgehead atoms. The number of methoxy groups -OCH3 is 1. The van der Waals surface area contributed by atoms with Crippen LogP contribution in [0.15, 0.2) is 79.1 Å². The van der Waals surface area contributed by atoms with Gasteiger partial charge in [-0.05, 0) is 48.2 Å². The topological polar surface area (TPSA) is 101 Å². The number of carbonyl (C=O) groups excluding carboxylic acids is 1. The first-order valence-corrected chi connectivity index (χ1v) is 13.0. The fourth-order valence-electron chi connectivity index (χ4n) is 4.46. The van der Waals surface area contributed by atoms with Crippen LogP contribution >= 0.6 is 0 Å². The maximum atomic E-state index is 13.0. The number of amides is 1. The fraction of sp³-hybridized carbons (Fsp3) is 0.308. The van der Waals surface area contributed by atoms with E-state index in [1.54, 1.807) is 42.7 Å². The molecule has 1 aromatic heterocycles. The third-order valence-corrected chi connectivity index (χ3v) is 8.11. The quantitative estimate of drug-likeness (QED) is 0.476. The Morgan fingerprint density at radius 2 is 1.66 bits per heavy atom. The number of nitrogens with zero attached hydrogens (tertiary/aromatic N) is 2. The van der Waals surface area contributed by atoms with Gasteiger partial charge in [0, 0.05) is 44.0 Å². The lowest BCUT2D eigenvalue weighted by molar-refractivity contribution is 0.0929. The summed E-state index contributed by atoms with van der Waals surface area (Å²) in [5.74, 6) is 0.298. The van der Waals surface area contributed by atoms with E-state index in [0.29, 0.717) is 43.8 Å². The molecular weight excluding hydrogens is 464 g/mol. The molecule has 1 saturated heterocycles. The lowest BCUT2D eigenvalue weighted by Crippen LogP contribution is -2.52. The van der Waals surface area contributed by atoms with Crippen molar-refractivity contribution in [3.63, 3.8) is 0 Å². The molecule has 0 aliphatic carbocycles. The van der Waals surface area contributed by atoms with Crippen LogP contribution in [-0.2, 0) is 22.2 Å². The van der Waals surface area contributed by atoms with E-state index < -0.39 is 10.2 Å². The zero-order chi connectivity index (χ0) is 24.7. The summed E-state index contributed by atoms with van der Waals surface area (Å²) < 4.78 is 35.4. The Morgan fingerprint density at radius 3 is 2.34 bits per heavy atom. The second-order valence-corrected chi connectivity index (χ2v) is 10.4. The van der Waals surface area contributed by atoms with E-state index in [4.69, 9.17) is 4.74 Å². The number of carbonyl (C=O) groups is 1. The molecule has 3 aromatic rings. The van der Waals surface area contributed by atoms with Gasteiger partial charge in [0.25, 0.3) is 16.1 Å². The molecule has 2 aromatic carbocycles. The monoisotopic (exact) mass is 494 g/mol. The summed E-state index contributed by atoms with van der Waals surface area (Å²) >= 11 is 0. The van der Waals surface area contributed by atoms with E-state index in [2.05, 4.69) is 15.0 Å². The number of hydrogen-bond acceptors (Lipinski definition) is 5. The summed E-state index contributed by atoms with van der Waals surface area (Å²) in [6.45, 7) is 1.31. The van der Waals surface area contributed by atoms with Gasteiger partial charge in [-0.2, -0.15) is 17.4 Å². The first-order chi connectivity index (χ1) is 16.9. The Morgan fingerprint density at radius 1 is 1.00 bits per heavy atom. The molecule has 0 spiro atoms. The second-order valence-electron chi connectivity index (χ2n) is 8.61. The number of hydrogen-bond donors (Lipinski definition) is 2. The third-order valence-electron chi connectivity index (χ3n) is 6.55. The van der Waals surface area contributed by atoms with Crippen molar-refractivity contribution in [2.75, 3.05) is 26.7 Å². The SMILES string of the molecule is COc1ccccc1C(=O)NCC1(c2ccccc2)CCN(S(=O)(=O)NCc2ccncc2)CC1. The number of ether oxygens (including phenoxy) is 1. The third kappa shape index (κ3) is 5.87. The zero-order valence-corrected chi connectivity index (χ0v) is 20.5. The summed E-state index contributed by atoms with van der Waals surface area (Å²) in [6.07, 6.45) is 4.44. The van der Waals surface area contributed by atoms with Crippen molar-refractivity contribution in [3.8, 4) is 5.75 Å². The highest BCUT2D eigenvalue weighted by atomic mass is 32.2. The number of piperidine rings is 1. The van der Waals surface area contributed by atoms with Crippen molar-refractivity contribution in [2.24, 2.45) is 0 Å². The molecule has 184 valence electrons. The van der Waals surface area contributed by atoms with E-state index in [1.165, 1.54) is 11.4 Å². The number of aromatic nitrogens is 1. The molecule has 35 heavy (non-hydrogen) atoms. The van der Waals surface area contributed by atoms with E-state index in [0.717, 1.165) is 11.1 Å². The highest BCUT2D eigenvalue weighted by molar-refractivity contribution is 7.87. The molecule has 0 saturated carbocycles. The van der Waals surface area contributed by atoms with E-state index in [-0.39, 0.29) is 17.9 Å². The van der Waals surface area contributed by atoms with Gasteiger partial charge in [-0.1, -0.05) is 42.5 Å². The van der Waals surface area contributed by atoms with Gasteiger partial charge in [-0.3, -0.25) is 9.78 Å². The van der Waals surface area contributed by atoms with Crippen LogP contribution in [0, 0.1) is 0 Å². The highest BCUT2D eigenvalue weighted by Gasteiger charge is 2.39. The van der Waals surface area contributed by atoms with Gasteiger partial charge < -0.3 is 10.1 Å². The fourth-order valence-corrected chi connectivity index (χ4v) is 5.65. The van der Waals surface area contributed by atoms with Crippen LogP contribution in [0.2, 0.25) is 0 Å². The molecule has 1 aliphatic rings. The van der Waals surface area contributed by atoms with Crippen LogP contribution in [0.4, 0.5) is 0 Å². The first-order valence-electron chi connectivity index (χ1n) is 11.5. The van der Waals surface area contributed by atoms with Crippen molar-refractivity contribution >= 4 is 16.1 Å². The molecule has 8 nitrogen and oxygen atoms in total. The molecule has 2 N–H and O–H groups in total. The van der Waals surface area contributed by atoms with Gasteiger partial charge >= 0.3 is 0 Å².